The first-order chi connectivity index (χ1) is 15.0. The molecule has 2 aromatic carbocycles. The van der Waals surface area contributed by atoms with Crippen LogP contribution in [0.25, 0.3) is 11.0 Å². The third-order valence-corrected chi connectivity index (χ3v) is 6.82. The van der Waals surface area contributed by atoms with Gasteiger partial charge >= 0.3 is 0 Å². The van der Waals surface area contributed by atoms with Crippen molar-refractivity contribution in [3.8, 4) is 0 Å². The van der Waals surface area contributed by atoms with E-state index in [1.54, 1.807) is 55.0 Å². The van der Waals surface area contributed by atoms with E-state index in [0.717, 1.165) is 0 Å². The first-order valence-electron chi connectivity index (χ1n) is 9.35. The Labute approximate surface area is 184 Å². The maximum absolute atomic E-state index is 13.9. The summed E-state index contributed by atoms with van der Waals surface area (Å²) in [7, 11) is 1.62. The first kappa shape index (κ1) is 18.3. The van der Waals surface area contributed by atoms with Crippen LogP contribution < -0.4 is 15.2 Å². The number of thiazole rings is 1. The largest absolute Gasteiger partial charge is 0.450 e. The van der Waals surface area contributed by atoms with E-state index < -0.39 is 22.8 Å². The number of carbonyl (C=O) groups excluding carboxylic acids is 2. The van der Waals surface area contributed by atoms with E-state index in [-0.39, 0.29) is 22.3 Å². The lowest BCUT2D eigenvalue weighted by atomic mass is 9.84. The van der Waals surface area contributed by atoms with E-state index in [9.17, 15) is 14.4 Å². The van der Waals surface area contributed by atoms with Crippen LogP contribution in [0.2, 0.25) is 5.02 Å². The van der Waals surface area contributed by atoms with Crippen molar-refractivity contribution >= 4 is 56.5 Å². The molecule has 4 heterocycles. The third kappa shape index (κ3) is 2.08. The standard InChI is InChI=1S/C22H12ClN3O4S/c1-25-14-5-3-2-4-13(14)22(20(25)29)16-17(27)12-10-11(23)6-7-15(12)30-18(16)19(28)26(22)21-24-8-9-31-21/h2-10H,1H3. The Morgan fingerprint density at radius 2 is 1.94 bits per heavy atom. The number of rotatable bonds is 1. The van der Waals surface area contributed by atoms with Crippen molar-refractivity contribution in [2.45, 2.75) is 5.54 Å². The lowest BCUT2D eigenvalue weighted by molar-refractivity contribution is -0.121. The van der Waals surface area contributed by atoms with Crippen LogP contribution in [0.15, 0.2) is 63.3 Å². The van der Waals surface area contributed by atoms with Crippen molar-refractivity contribution in [3.05, 3.63) is 86.2 Å². The van der Waals surface area contributed by atoms with E-state index in [2.05, 4.69) is 4.98 Å². The van der Waals surface area contributed by atoms with Gasteiger partial charge in [-0.1, -0.05) is 29.8 Å². The zero-order chi connectivity index (χ0) is 21.5. The zero-order valence-electron chi connectivity index (χ0n) is 16.0. The molecule has 2 aliphatic heterocycles. The fraction of sp³-hybridized carbons (Fsp3) is 0.0909. The average molecular weight is 450 g/mol. The summed E-state index contributed by atoms with van der Waals surface area (Å²) in [6.45, 7) is 0. The van der Waals surface area contributed by atoms with Crippen LogP contribution in [-0.4, -0.2) is 23.8 Å². The molecular formula is C22H12ClN3O4S. The smallest absolute Gasteiger partial charge is 0.297 e. The van der Waals surface area contributed by atoms with Gasteiger partial charge in [-0.05, 0) is 24.3 Å². The number of aromatic nitrogens is 1. The number of carbonyl (C=O) groups is 2. The maximum Gasteiger partial charge on any atom is 0.297 e. The summed E-state index contributed by atoms with van der Waals surface area (Å²) in [5.74, 6) is -1.17. The van der Waals surface area contributed by atoms with E-state index in [1.807, 2.05) is 0 Å². The number of para-hydroxylation sites is 1. The van der Waals surface area contributed by atoms with Gasteiger partial charge in [0.1, 0.15) is 5.58 Å². The number of benzene rings is 2. The van der Waals surface area contributed by atoms with Crippen molar-refractivity contribution < 1.29 is 14.0 Å². The SMILES string of the molecule is CN1C(=O)C2(c3ccccc31)c1c(oc3ccc(Cl)cc3c1=O)C(=O)N2c1nccs1. The van der Waals surface area contributed by atoms with Crippen molar-refractivity contribution in [1.29, 1.82) is 0 Å². The van der Waals surface area contributed by atoms with Gasteiger partial charge < -0.3 is 9.32 Å². The lowest BCUT2D eigenvalue weighted by Crippen LogP contribution is -2.53. The summed E-state index contributed by atoms with van der Waals surface area (Å²) >= 11 is 7.33. The van der Waals surface area contributed by atoms with E-state index in [4.69, 9.17) is 16.0 Å². The normalized spacial score (nSPS) is 19.5. The van der Waals surface area contributed by atoms with Crippen LogP contribution in [0.1, 0.15) is 21.7 Å². The molecule has 0 bridgehead atoms. The van der Waals surface area contributed by atoms with Gasteiger partial charge in [-0.15, -0.1) is 11.3 Å². The van der Waals surface area contributed by atoms with Crippen LogP contribution in [0.4, 0.5) is 10.8 Å². The third-order valence-electron chi connectivity index (χ3n) is 5.83. The van der Waals surface area contributed by atoms with Crippen LogP contribution >= 0.6 is 22.9 Å². The van der Waals surface area contributed by atoms with Crippen molar-refractivity contribution in [2.24, 2.45) is 0 Å². The van der Waals surface area contributed by atoms with Gasteiger partial charge in [-0.2, -0.15) is 0 Å². The second-order valence-electron chi connectivity index (χ2n) is 7.32. The Kier molecular flexibility index (Phi) is 3.56. The molecule has 0 aliphatic carbocycles. The highest BCUT2D eigenvalue weighted by molar-refractivity contribution is 7.13. The second-order valence-corrected chi connectivity index (χ2v) is 8.63. The minimum Gasteiger partial charge on any atom is -0.450 e. The molecule has 4 aromatic rings. The Morgan fingerprint density at radius 1 is 1.13 bits per heavy atom. The predicted octanol–water partition coefficient (Wildman–Crippen LogP) is 3.78. The Bertz CT molecular complexity index is 1500. The number of hydrogen-bond donors (Lipinski definition) is 0. The van der Waals surface area contributed by atoms with Gasteiger partial charge in [0.15, 0.2) is 16.1 Å². The molecule has 0 radical (unpaired) electrons. The molecule has 2 aliphatic rings. The molecule has 6 rings (SSSR count). The Hall–Kier alpha value is -3.49. The lowest BCUT2D eigenvalue weighted by Gasteiger charge is -2.31. The molecule has 0 fully saturated rings. The highest BCUT2D eigenvalue weighted by Gasteiger charge is 2.65. The predicted molar refractivity (Wildman–Crippen MR) is 117 cm³/mol. The highest BCUT2D eigenvalue weighted by atomic mass is 35.5. The van der Waals surface area contributed by atoms with Crippen molar-refractivity contribution in [1.82, 2.24) is 4.98 Å². The number of anilines is 2. The molecule has 2 amide bonds. The van der Waals surface area contributed by atoms with Crippen LogP contribution in [0.3, 0.4) is 0 Å². The van der Waals surface area contributed by atoms with Gasteiger partial charge in [0, 0.05) is 34.9 Å². The fourth-order valence-electron chi connectivity index (χ4n) is 4.57. The Morgan fingerprint density at radius 3 is 2.71 bits per heavy atom. The van der Waals surface area contributed by atoms with E-state index >= 15 is 0 Å². The minimum atomic E-state index is -1.70. The van der Waals surface area contributed by atoms with Crippen LogP contribution in [0, 0.1) is 0 Å². The molecule has 2 aromatic heterocycles. The van der Waals surface area contributed by atoms with Crippen molar-refractivity contribution in [2.75, 3.05) is 16.8 Å². The molecule has 1 unspecified atom stereocenters. The quantitative estimate of drug-likeness (QED) is 0.441. The van der Waals surface area contributed by atoms with Gasteiger partial charge in [-0.3, -0.25) is 19.3 Å². The zero-order valence-corrected chi connectivity index (χ0v) is 17.5. The summed E-state index contributed by atoms with van der Waals surface area (Å²) in [6, 6.07) is 11.7. The summed E-state index contributed by atoms with van der Waals surface area (Å²) in [6.07, 6.45) is 1.55. The number of likely N-dealkylation sites (N-methyl/N-ethyl adjacent to an activating group) is 1. The molecule has 1 spiro atoms. The molecule has 9 heteroatoms. The molecule has 31 heavy (non-hydrogen) atoms. The highest BCUT2D eigenvalue weighted by Crippen LogP contribution is 2.53. The van der Waals surface area contributed by atoms with Gasteiger partial charge in [0.2, 0.25) is 5.76 Å². The summed E-state index contributed by atoms with van der Waals surface area (Å²) in [4.78, 5) is 48.3. The molecular weight excluding hydrogens is 438 g/mol. The van der Waals surface area contributed by atoms with Crippen molar-refractivity contribution in [3.63, 3.8) is 0 Å². The average Bonchev–Trinajstić information content (AvgIpc) is 3.43. The molecule has 0 saturated carbocycles. The summed E-state index contributed by atoms with van der Waals surface area (Å²) < 4.78 is 5.92. The first-order valence-corrected chi connectivity index (χ1v) is 10.6. The number of fused-ring (bicyclic) bond motifs is 5. The second kappa shape index (κ2) is 6.03. The monoisotopic (exact) mass is 449 g/mol. The molecule has 0 N–H and O–H groups in total. The fourth-order valence-corrected chi connectivity index (χ4v) is 5.43. The van der Waals surface area contributed by atoms with E-state index in [0.29, 0.717) is 21.4 Å². The minimum absolute atomic E-state index is 0.00994. The number of halogens is 1. The number of hydrogen-bond acceptors (Lipinski definition) is 6. The van der Waals surface area contributed by atoms with Gasteiger partial charge in [0.05, 0.1) is 10.9 Å². The molecule has 1 atom stereocenters. The number of nitrogens with zero attached hydrogens (tertiary/aromatic N) is 3. The van der Waals surface area contributed by atoms with Gasteiger partial charge in [-0.25, -0.2) is 4.98 Å². The molecule has 152 valence electrons. The van der Waals surface area contributed by atoms with Gasteiger partial charge in [0.25, 0.3) is 11.8 Å². The molecule has 7 nitrogen and oxygen atoms in total. The van der Waals surface area contributed by atoms with E-state index in [1.165, 1.54) is 27.2 Å². The summed E-state index contributed by atoms with van der Waals surface area (Å²) in [5.41, 5.74) is -0.815. The Balaban J connectivity index is 1.82. The van der Waals surface area contributed by atoms with Crippen LogP contribution in [-0.2, 0) is 10.3 Å². The molecule has 0 saturated heterocycles. The maximum atomic E-state index is 13.9. The number of amides is 2. The topological polar surface area (TPSA) is 83.7 Å². The summed E-state index contributed by atoms with van der Waals surface area (Å²) in [5, 5.41) is 2.57. The van der Waals surface area contributed by atoms with Crippen LogP contribution in [0.5, 0.6) is 0 Å².